The lowest BCUT2D eigenvalue weighted by Gasteiger charge is -2.26. The Morgan fingerprint density at radius 2 is 1.68 bits per heavy atom. The number of ether oxygens (including phenoxy) is 2. The molecule has 1 atom stereocenters. The van der Waals surface area contributed by atoms with Crippen LogP contribution < -0.4 is 14.8 Å². The number of nitrogens with one attached hydrogen (secondary N) is 1. The van der Waals surface area contributed by atoms with Crippen LogP contribution in [0.2, 0.25) is 0 Å². The molecular formula is C23H26N2O3. The quantitative estimate of drug-likeness (QED) is 0.678. The molecule has 0 fully saturated rings. The van der Waals surface area contributed by atoms with Crippen LogP contribution in [-0.2, 0) is 0 Å². The third-order valence-electron chi connectivity index (χ3n) is 4.91. The molecule has 0 aliphatic heterocycles. The van der Waals surface area contributed by atoms with Crippen molar-refractivity contribution < 1.29 is 14.3 Å². The van der Waals surface area contributed by atoms with E-state index in [4.69, 9.17) is 9.47 Å². The fourth-order valence-corrected chi connectivity index (χ4v) is 3.38. The van der Waals surface area contributed by atoms with E-state index >= 15 is 0 Å². The number of benzene rings is 3. The summed E-state index contributed by atoms with van der Waals surface area (Å²) in [5.41, 5.74) is 1.73. The summed E-state index contributed by atoms with van der Waals surface area (Å²) < 4.78 is 10.5. The second-order valence-corrected chi connectivity index (χ2v) is 6.83. The minimum absolute atomic E-state index is 0.0511. The highest BCUT2D eigenvalue weighted by Gasteiger charge is 2.18. The average Bonchev–Trinajstić information content (AvgIpc) is 2.73. The summed E-state index contributed by atoms with van der Waals surface area (Å²) in [4.78, 5) is 14.8. The van der Waals surface area contributed by atoms with Gasteiger partial charge in [-0.25, -0.2) is 0 Å². The van der Waals surface area contributed by atoms with Gasteiger partial charge >= 0.3 is 0 Å². The van der Waals surface area contributed by atoms with Crippen LogP contribution in [0.3, 0.4) is 0 Å². The van der Waals surface area contributed by atoms with E-state index in [1.165, 1.54) is 16.3 Å². The third-order valence-corrected chi connectivity index (χ3v) is 4.91. The van der Waals surface area contributed by atoms with E-state index in [9.17, 15) is 4.79 Å². The summed E-state index contributed by atoms with van der Waals surface area (Å²) in [5.74, 6) is 0.988. The monoisotopic (exact) mass is 378 g/mol. The van der Waals surface area contributed by atoms with Crippen molar-refractivity contribution in [3.8, 4) is 11.5 Å². The van der Waals surface area contributed by atoms with Crippen LogP contribution in [0, 0.1) is 0 Å². The zero-order chi connectivity index (χ0) is 20.1. The first-order chi connectivity index (χ1) is 13.5. The van der Waals surface area contributed by atoms with E-state index in [-0.39, 0.29) is 11.9 Å². The van der Waals surface area contributed by atoms with Crippen LogP contribution in [0.4, 0.5) is 0 Å². The number of carbonyl (C=O) groups is 1. The summed E-state index contributed by atoms with van der Waals surface area (Å²) in [6.45, 7) is 0.494. The lowest BCUT2D eigenvalue weighted by molar-refractivity contribution is 0.0941. The highest BCUT2D eigenvalue weighted by molar-refractivity contribution is 5.95. The fourth-order valence-electron chi connectivity index (χ4n) is 3.38. The Hall–Kier alpha value is -3.05. The molecule has 28 heavy (non-hydrogen) atoms. The Bertz CT molecular complexity index is 964. The summed E-state index contributed by atoms with van der Waals surface area (Å²) >= 11 is 0. The summed E-state index contributed by atoms with van der Waals surface area (Å²) in [6, 6.07) is 19.8. The second-order valence-electron chi connectivity index (χ2n) is 6.83. The minimum Gasteiger partial charge on any atom is -0.493 e. The first kappa shape index (κ1) is 19.7. The Morgan fingerprint density at radius 3 is 2.39 bits per heavy atom. The van der Waals surface area contributed by atoms with Gasteiger partial charge in [-0.15, -0.1) is 0 Å². The molecular weight excluding hydrogens is 352 g/mol. The standard InChI is InChI=1S/C23H26N2O3/c1-25(2)20(19-11-7-9-16-8-5-6-10-18(16)19)15-24-23(26)17-12-13-21(27-3)22(14-17)28-4/h5-14,20H,15H2,1-4H3,(H,24,26). The Morgan fingerprint density at radius 1 is 0.964 bits per heavy atom. The Labute approximate surface area is 165 Å². The molecule has 0 radical (unpaired) electrons. The highest BCUT2D eigenvalue weighted by atomic mass is 16.5. The minimum atomic E-state index is -0.145. The molecule has 1 unspecified atom stereocenters. The van der Waals surface area contributed by atoms with Gasteiger partial charge in [-0.2, -0.15) is 0 Å². The molecule has 5 nitrogen and oxygen atoms in total. The number of amides is 1. The van der Waals surface area contributed by atoms with Crippen molar-refractivity contribution in [2.75, 3.05) is 34.9 Å². The van der Waals surface area contributed by atoms with Crippen molar-refractivity contribution in [1.29, 1.82) is 0 Å². The summed E-state index contributed by atoms with van der Waals surface area (Å²) in [7, 11) is 7.18. The number of methoxy groups -OCH3 is 2. The number of hydrogen-bond donors (Lipinski definition) is 1. The maximum Gasteiger partial charge on any atom is 0.251 e. The maximum atomic E-state index is 12.7. The molecule has 0 aromatic heterocycles. The van der Waals surface area contributed by atoms with Crippen molar-refractivity contribution >= 4 is 16.7 Å². The second kappa shape index (κ2) is 8.76. The van der Waals surface area contributed by atoms with Crippen molar-refractivity contribution in [3.63, 3.8) is 0 Å². The topological polar surface area (TPSA) is 50.8 Å². The number of hydrogen-bond acceptors (Lipinski definition) is 4. The molecule has 0 saturated carbocycles. The van der Waals surface area contributed by atoms with Crippen LogP contribution in [0.15, 0.2) is 60.7 Å². The van der Waals surface area contributed by atoms with E-state index in [2.05, 4.69) is 40.5 Å². The van der Waals surface area contributed by atoms with Crippen molar-refractivity contribution in [2.24, 2.45) is 0 Å². The molecule has 5 heteroatoms. The van der Waals surface area contributed by atoms with Gasteiger partial charge in [-0.3, -0.25) is 4.79 Å². The molecule has 0 bridgehead atoms. The van der Waals surface area contributed by atoms with Gasteiger partial charge in [0.05, 0.1) is 20.3 Å². The van der Waals surface area contributed by atoms with E-state index in [0.717, 1.165) is 0 Å². The predicted molar refractivity (Wildman–Crippen MR) is 112 cm³/mol. The normalized spacial score (nSPS) is 12.0. The van der Waals surface area contributed by atoms with Crippen LogP contribution in [-0.4, -0.2) is 45.7 Å². The molecule has 0 aliphatic carbocycles. The molecule has 0 saturated heterocycles. The van der Waals surface area contributed by atoms with Gasteiger partial charge in [-0.05, 0) is 48.6 Å². The number of fused-ring (bicyclic) bond motifs is 1. The number of nitrogens with zero attached hydrogens (tertiary/aromatic N) is 1. The zero-order valence-electron chi connectivity index (χ0n) is 16.7. The van der Waals surface area contributed by atoms with Gasteiger partial charge < -0.3 is 19.7 Å². The first-order valence-electron chi connectivity index (χ1n) is 9.19. The van der Waals surface area contributed by atoms with Crippen LogP contribution in [0.25, 0.3) is 10.8 Å². The van der Waals surface area contributed by atoms with Crippen molar-refractivity contribution in [3.05, 3.63) is 71.8 Å². The lowest BCUT2D eigenvalue weighted by atomic mass is 9.98. The highest BCUT2D eigenvalue weighted by Crippen LogP contribution is 2.28. The molecule has 3 rings (SSSR count). The maximum absolute atomic E-state index is 12.7. The Kier molecular flexibility index (Phi) is 6.16. The van der Waals surface area contributed by atoms with E-state index < -0.39 is 0 Å². The van der Waals surface area contributed by atoms with Gasteiger partial charge in [0.2, 0.25) is 0 Å². The first-order valence-corrected chi connectivity index (χ1v) is 9.19. The molecule has 1 amide bonds. The molecule has 0 heterocycles. The van der Waals surface area contributed by atoms with Crippen molar-refractivity contribution in [2.45, 2.75) is 6.04 Å². The molecule has 0 aliphatic rings. The van der Waals surface area contributed by atoms with Crippen LogP contribution >= 0.6 is 0 Å². The molecule has 3 aromatic carbocycles. The molecule has 1 N–H and O–H groups in total. The molecule has 0 spiro atoms. The lowest BCUT2D eigenvalue weighted by Crippen LogP contribution is -2.34. The fraction of sp³-hybridized carbons (Fsp3) is 0.261. The molecule has 3 aromatic rings. The van der Waals surface area contributed by atoms with E-state index in [0.29, 0.717) is 23.6 Å². The van der Waals surface area contributed by atoms with Crippen LogP contribution in [0.5, 0.6) is 11.5 Å². The predicted octanol–water partition coefficient (Wildman–Crippen LogP) is 3.89. The van der Waals surface area contributed by atoms with Gasteiger partial charge in [0.15, 0.2) is 11.5 Å². The van der Waals surface area contributed by atoms with Crippen LogP contribution in [0.1, 0.15) is 22.0 Å². The zero-order valence-corrected chi connectivity index (χ0v) is 16.7. The summed E-state index contributed by atoms with van der Waals surface area (Å²) in [6.07, 6.45) is 0. The number of carbonyl (C=O) groups excluding carboxylic acids is 1. The SMILES string of the molecule is COc1ccc(C(=O)NCC(c2cccc3ccccc23)N(C)C)cc1OC. The largest absolute Gasteiger partial charge is 0.493 e. The van der Waals surface area contributed by atoms with Gasteiger partial charge in [0.1, 0.15) is 0 Å². The van der Waals surface area contributed by atoms with E-state index in [1.807, 2.05) is 26.2 Å². The smallest absolute Gasteiger partial charge is 0.251 e. The van der Waals surface area contributed by atoms with Gasteiger partial charge in [-0.1, -0.05) is 42.5 Å². The molecule has 146 valence electrons. The summed E-state index contributed by atoms with van der Waals surface area (Å²) in [5, 5.41) is 5.45. The number of rotatable bonds is 7. The third kappa shape index (κ3) is 4.10. The average molecular weight is 378 g/mol. The van der Waals surface area contributed by atoms with Crippen molar-refractivity contribution in [1.82, 2.24) is 10.2 Å². The van der Waals surface area contributed by atoms with E-state index in [1.54, 1.807) is 32.4 Å². The van der Waals surface area contributed by atoms with Gasteiger partial charge in [0, 0.05) is 12.1 Å². The Balaban J connectivity index is 1.81. The number of likely N-dealkylation sites (N-methyl/N-ethyl adjacent to an activating group) is 1. The van der Waals surface area contributed by atoms with Gasteiger partial charge in [0.25, 0.3) is 5.91 Å².